The summed E-state index contributed by atoms with van der Waals surface area (Å²) in [7, 11) is 1.57. The third-order valence-corrected chi connectivity index (χ3v) is 6.02. The molecule has 36 heavy (non-hydrogen) atoms. The van der Waals surface area contributed by atoms with Gasteiger partial charge in [-0.1, -0.05) is 12.1 Å². The quantitative estimate of drug-likeness (QED) is 0.542. The second-order valence-electron chi connectivity index (χ2n) is 8.42. The van der Waals surface area contributed by atoms with Crippen LogP contribution in [0.3, 0.4) is 0 Å². The van der Waals surface area contributed by atoms with Crippen LogP contribution >= 0.6 is 0 Å². The number of aromatic nitrogens is 1. The zero-order valence-electron chi connectivity index (χ0n) is 19.9. The van der Waals surface area contributed by atoms with E-state index in [0.717, 1.165) is 17.3 Å². The molecule has 11 heteroatoms. The number of alkyl halides is 3. The van der Waals surface area contributed by atoms with E-state index in [4.69, 9.17) is 4.42 Å². The third-order valence-electron chi connectivity index (χ3n) is 6.02. The first-order valence-corrected chi connectivity index (χ1v) is 11.4. The van der Waals surface area contributed by atoms with Gasteiger partial charge in [0, 0.05) is 50.9 Å². The number of nitrogens with one attached hydrogen (secondary N) is 2. The molecule has 8 nitrogen and oxygen atoms in total. The molecule has 0 unspecified atom stereocenters. The summed E-state index contributed by atoms with van der Waals surface area (Å²) in [5.41, 5.74) is 0.910. The fourth-order valence-corrected chi connectivity index (χ4v) is 3.96. The van der Waals surface area contributed by atoms with Crippen LogP contribution in [0.4, 0.5) is 23.7 Å². The summed E-state index contributed by atoms with van der Waals surface area (Å²) in [6.07, 6.45) is -4.55. The predicted octanol–water partition coefficient (Wildman–Crippen LogP) is 4.38. The Morgan fingerprint density at radius 1 is 1.03 bits per heavy atom. The Hall–Kier alpha value is -3.86. The Morgan fingerprint density at radius 3 is 2.33 bits per heavy atom. The highest BCUT2D eigenvalue weighted by molar-refractivity contribution is 5.94. The molecule has 0 atom stereocenters. The van der Waals surface area contributed by atoms with Gasteiger partial charge in [0.2, 0.25) is 5.89 Å². The zero-order chi connectivity index (χ0) is 25.9. The van der Waals surface area contributed by atoms with Crippen LogP contribution in [0.2, 0.25) is 0 Å². The maximum absolute atomic E-state index is 13.2. The first-order chi connectivity index (χ1) is 17.2. The lowest BCUT2D eigenvalue weighted by atomic mass is 10.1. The van der Waals surface area contributed by atoms with Crippen molar-refractivity contribution in [2.24, 2.45) is 0 Å². The van der Waals surface area contributed by atoms with Crippen molar-refractivity contribution < 1.29 is 27.2 Å². The molecular weight excluding hydrogens is 475 g/mol. The van der Waals surface area contributed by atoms with Gasteiger partial charge in [0.15, 0.2) is 0 Å². The Labute approximate surface area is 206 Å². The van der Waals surface area contributed by atoms with Gasteiger partial charge in [0.05, 0.1) is 16.9 Å². The van der Waals surface area contributed by atoms with E-state index < -0.39 is 17.8 Å². The summed E-state index contributed by atoms with van der Waals surface area (Å²) in [6, 6.07) is 11.3. The minimum atomic E-state index is -4.55. The number of carbonyl (C=O) groups excluding carboxylic acids is 2. The Kier molecular flexibility index (Phi) is 7.30. The summed E-state index contributed by atoms with van der Waals surface area (Å²) in [5.74, 6) is 0.944. The van der Waals surface area contributed by atoms with Crippen molar-refractivity contribution in [1.29, 1.82) is 0 Å². The lowest BCUT2D eigenvalue weighted by molar-refractivity contribution is -0.136. The highest BCUT2D eigenvalue weighted by Crippen LogP contribution is 2.34. The Bertz CT molecular complexity index is 1230. The van der Waals surface area contributed by atoms with E-state index in [1.807, 2.05) is 6.92 Å². The van der Waals surface area contributed by atoms with Crippen LogP contribution in [-0.2, 0) is 12.7 Å². The molecule has 4 rings (SSSR count). The van der Waals surface area contributed by atoms with Crippen LogP contribution in [0.5, 0.6) is 0 Å². The van der Waals surface area contributed by atoms with Gasteiger partial charge < -0.3 is 20.0 Å². The van der Waals surface area contributed by atoms with E-state index >= 15 is 0 Å². The van der Waals surface area contributed by atoms with Gasteiger partial charge in [0.25, 0.3) is 5.91 Å². The van der Waals surface area contributed by atoms with E-state index in [0.29, 0.717) is 49.9 Å². The molecule has 0 radical (unpaired) electrons. The molecule has 0 saturated carbocycles. The number of piperazine rings is 1. The van der Waals surface area contributed by atoms with Gasteiger partial charge >= 0.3 is 12.2 Å². The van der Waals surface area contributed by atoms with Gasteiger partial charge in [-0.15, -0.1) is 0 Å². The van der Waals surface area contributed by atoms with Crippen LogP contribution < -0.4 is 10.6 Å². The van der Waals surface area contributed by atoms with E-state index in [1.54, 1.807) is 31.3 Å². The lowest BCUT2D eigenvalue weighted by Crippen LogP contribution is -2.49. The number of amides is 3. The molecule has 1 fully saturated rings. The number of para-hydroxylation sites is 1. The number of aryl methyl sites for hydroxylation is 1. The topological polar surface area (TPSA) is 90.7 Å². The molecular formula is C25H26F3N5O3. The van der Waals surface area contributed by atoms with Crippen molar-refractivity contribution >= 4 is 17.6 Å². The first-order valence-electron chi connectivity index (χ1n) is 11.4. The SMILES string of the molecule is CNC(=O)c1ccc(-c2nc(CN3CCN(C(=O)Nc4ccccc4C(F)(F)F)CC3)c(C)o2)cc1. The minimum Gasteiger partial charge on any atom is -0.441 e. The number of halogens is 3. The standard InChI is InChI=1S/C25H26F3N5O3/c1-16-21(30-23(36-16)18-9-7-17(8-10-18)22(34)29-2)15-32-11-13-33(14-12-32)24(35)31-20-6-4-3-5-19(20)25(26,27)28/h3-10H,11-15H2,1-2H3,(H,29,34)(H,31,35). The number of rotatable bonds is 5. The zero-order valence-corrected chi connectivity index (χ0v) is 19.9. The number of carbonyl (C=O) groups is 2. The molecule has 0 aliphatic carbocycles. The number of urea groups is 1. The van der Waals surface area contributed by atoms with Crippen molar-refractivity contribution in [2.45, 2.75) is 19.6 Å². The van der Waals surface area contributed by atoms with Crippen molar-refractivity contribution in [3.63, 3.8) is 0 Å². The minimum absolute atomic E-state index is 0.178. The van der Waals surface area contributed by atoms with Gasteiger partial charge in [-0.3, -0.25) is 9.69 Å². The molecule has 0 spiro atoms. The van der Waals surface area contributed by atoms with Crippen LogP contribution in [0.15, 0.2) is 52.9 Å². The number of hydrogen-bond donors (Lipinski definition) is 2. The molecule has 0 bridgehead atoms. The fraction of sp³-hybridized carbons (Fsp3) is 0.320. The lowest BCUT2D eigenvalue weighted by Gasteiger charge is -2.34. The highest BCUT2D eigenvalue weighted by Gasteiger charge is 2.34. The summed E-state index contributed by atoms with van der Waals surface area (Å²) in [4.78, 5) is 32.5. The third kappa shape index (κ3) is 5.68. The molecule has 190 valence electrons. The Balaban J connectivity index is 1.34. The van der Waals surface area contributed by atoms with E-state index in [2.05, 4.69) is 20.5 Å². The van der Waals surface area contributed by atoms with Crippen molar-refractivity contribution in [3.05, 3.63) is 71.1 Å². The number of hydrogen-bond acceptors (Lipinski definition) is 5. The second kappa shape index (κ2) is 10.4. The monoisotopic (exact) mass is 501 g/mol. The summed E-state index contributed by atoms with van der Waals surface area (Å²) in [5, 5.41) is 4.97. The van der Waals surface area contributed by atoms with Gasteiger partial charge in [0.1, 0.15) is 5.76 Å². The molecule has 2 aromatic carbocycles. The number of benzene rings is 2. The maximum atomic E-state index is 13.2. The van der Waals surface area contributed by atoms with Crippen LogP contribution in [0, 0.1) is 6.92 Å². The first kappa shape index (κ1) is 25.2. The summed E-state index contributed by atoms with van der Waals surface area (Å²) in [6.45, 7) is 4.15. The molecule has 1 aromatic heterocycles. The molecule has 1 saturated heterocycles. The molecule has 2 heterocycles. The van der Waals surface area contributed by atoms with Gasteiger partial charge in [-0.2, -0.15) is 13.2 Å². The van der Waals surface area contributed by atoms with E-state index in [1.165, 1.54) is 23.1 Å². The Morgan fingerprint density at radius 2 is 1.69 bits per heavy atom. The number of oxazole rings is 1. The number of nitrogens with zero attached hydrogens (tertiary/aromatic N) is 3. The smallest absolute Gasteiger partial charge is 0.418 e. The normalized spacial score (nSPS) is 14.5. The van der Waals surface area contributed by atoms with E-state index in [9.17, 15) is 22.8 Å². The van der Waals surface area contributed by atoms with Gasteiger partial charge in [-0.25, -0.2) is 9.78 Å². The van der Waals surface area contributed by atoms with Crippen LogP contribution in [0.1, 0.15) is 27.4 Å². The average Bonchev–Trinajstić information content (AvgIpc) is 3.23. The van der Waals surface area contributed by atoms with Crippen molar-refractivity contribution in [2.75, 3.05) is 38.5 Å². The summed E-state index contributed by atoms with van der Waals surface area (Å²) < 4.78 is 45.4. The average molecular weight is 502 g/mol. The van der Waals surface area contributed by atoms with Crippen LogP contribution in [0.25, 0.3) is 11.5 Å². The maximum Gasteiger partial charge on any atom is 0.418 e. The molecule has 3 amide bonds. The molecule has 2 N–H and O–H groups in total. The summed E-state index contributed by atoms with van der Waals surface area (Å²) >= 11 is 0. The molecule has 1 aliphatic rings. The molecule has 1 aliphatic heterocycles. The fourth-order valence-electron chi connectivity index (χ4n) is 3.96. The van der Waals surface area contributed by atoms with E-state index in [-0.39, 0.29) is 11.6 Å². The predicted molar refractivity (Wildman–Crippen MR) is 127 cm³/mol. The molecule has 3 aromatic rings. The van der Waals surface area contributed by atoms with Gasteiger partial charge in [-0.05, 0) is 43.3 Å². The largest absolute Gasteiger partial charge is 0.441 e. The van der Waals surface area contributed by atoms with Crippen molar-refractivity contribution in [3.8, 4) is 11.5 Å². The second-order valence-corrected chi connectivity index (χ2v) is 8.42. The van der Waals surface area contributed by atoms with Crippen LogP contribution in [-0.4, -0.2) is 59.9 Å². The van der Waals surface area contributed by atoms with Crippen molar-refractivity contribution in [1.82, 2.24) is 20.1 Å². The highest BCUT2D eigenvalue weighted by atomic mass is 19.4. The number of anilines is 1.